The quantitative estimate of drug-likeness (QED) is 0.807. The first-order chi connectivity index (χ1) is 9.26. The zero-order valence-electron chi connectivity index (χ0n) is 11.5. The fourth-order valence-corrected chi connectivity index (χ4v) is 2.16. The van der Waals surface area contributed by atoms with Crippen molar-refractivity contribution >= 4 is 17.3 Å². The molecule has 0 amide bonds. The van der Waals surface area contributed by atoms with Crippen molar-refractivity contribution in [3.8, 4) is 0 Å². The van der Waals surface area contributed by atoms with Gasteiger partial charge in [0.15, 0.2) is 0 Å². The highest BCUT2D eigenvalue weighted by molar-refractivity contribution is 6.30. The fourth-order valence-electron chi connectivity index (χ4n) is 1.92. The van der Waals surface area contributed by atoms with Gasteiger partial charge in [0.1, 0.15) is 0 Å². The molecule has 0 radical (unpaired) electrons. The van der Waals surface area contributed by atoms with Crippen LogP contribution in [0.1, 0.15) is 32.3 Å². The Labute approximate surface area is 121 Å². The first-order valence-corrected chi connectivity index (χ1v) is 6.86. The first kappa shape index (κ1) is 17.1. The number of nitrogens with one attached hydrogen (secondary N) is 1. The number of hydrogen-bond acceptors (Lipinski definition) is 2. The van der Waals surface area contributed by atoms with Crippen LogP contribution in [-0.4, -0.2) is 18.3 Å². The Hall–Kier alpha value is -0.940. The number of alkyl halides is 3. The Morgan fingerprint density at radius 2 is 1.75 bits per heavy atom. The van der Waals surface area contributed by atoms with Crippen LogP contribution in [0.3, 0.4) is 0 Å². The van der Waals surface area contributed by atoms with Crippen LogP contribution in [0.15, 0.2) is 18.2 Å². The monoisotopic (exact) mass is 309 g/mol. The van der Waals surface area contributed by atoms with Gasteiger partial charge in [-0.2, -0.15) is 13.2 Å². The molecule has 0 fully saturated rings. The summed E-state index contributed by atoms with van der Waals surface area (Å²) in [5.41, 5.74) is -0.805. The molecular formula is C14H19ClF3NO. The Morgan fingerprint density at radius 1 is 1.15 bits per heavy atom. The molecule has 6 heteroatoms. The maximum Gasteiger partial charge on any atom is 0.416 e. The van der Waals surface area contributed by atoms with Crippen LogP contribution in [0.2, 0.25) is 5.02 Å². The predicted octanol–water partition coefficient (Wildman–Crippen LogP) is 4.57. The third-order valence-corrected chi connectivity index (χ3v) is 3.95. The van der Waals surface area contributed by atoms with E-state index in [2.05, 4.69) is 5.32 Å². The number of aliphatic hydroxyl groups is 1. The minimum atomic E-state index is -4.43. The van der Waals surface area contributed by atoms with Crippen LogP contribution in [0.4, 0.5) is 18.9 Å². The van der Waals surface area contributed by atoms with Crippen LogP contribution < -0.4 is 5.32 Å². The number of rotatable bonds is 6. The van der Waals surface area contributed by atoms with Gasteiger partial charge in [-0.15, -0.1) is 0 Å². The van der Waals surface area contributed by atoms with Crippen LogP contribution in [0, 0.1) is 5.41 Å². The molecule has 0 aliphatic heterocycles. The Bertz CT molecular complexity index is 436. The lowest BCUT2D eigenvalue weighted by molar-refractivity contribution is -0.137. The molecule has 114 valence electrons. The Kier molecular flexibility index (Phi) is 5.71. The second-order valence-electron chi connectivity index (χ2n) is 4.95. The van der Waals surface area contributed by atoms with Crippen molar-refractivity contribution in [3.63, 3.8) is 0 Å². The Balaban J connectivity index is 2.91. The van der Waals surface area contributed by atoms with E-state index in [1.165, 1.54) is 6.07 Å². The molecular weight excluding hydrogens is 291 g/mol. The number of hydrogen-bond donors (Lipinski definition) is 2. The summed E-state index contributed by atoms with van der Waals surface area (Å²) in [7, 11) is 0. The zero-order valence-corrected chi connectivity index (χ0v) is 12.3. The van der Waals surface area contributed by atoms with Gasteiger partial charge in [0, 0.05) is 22.7 Å². The smallest absolute Gasteiger partial charge is 0.396 e. The van der Waals surface area contributed by atoms with Gasteiger partial charge in [0.2, 0.25) is 0 Å². The van der Waals surface area contributed by atoms with E-state index in [0.29, 0.717) is 12.2 Å². The topological polar surface area (TPSA) is 32.3 Å². The summed E-state index contributed by atoms with van der Waals surface area (Å²) in [5.74, 6) is 0. The molecule has 0 aliphatic rings. The predicted molar refractivity (Wildman–Crippen MR) is 75.0 cm³/mol. The van der Waals surface area contributed by atoms with Crippen molar-refractivity contribution in [1.82, 2.24) is 0 Å². The van der Waals surface area contributed by atoms with E-state index in [1.54, 1.807) is 0 Å². The number of halogens is 4. The molecule has 1 aromatic rings. The second kappa shape index (κ2) is 6.68. The minimum Gasteiger partial charge on any atom is -0.396 e. The van der Waals surface area contributed by atoms with Crippen molar-refractivity contribution in [2.75, 3.05) is 18.5 Å². The summed E-state index contributed by atoms with van der Waals surface area (Å²) in [6.07, 6.45) is -2.95. The van der Waals surface area contributed by atoms with Gasteiger partial charge in [0.25, 0.3) is 0 Å². The highest BCUT2D eigenvalue weighted by Gasteiger charge is 2.31. The van der Waals surface area contributed by atoms with E-state index in [-0.39, 0.29) is 17.0 Å². The second-order valence-corrected chi connectivity index (χ2v) is 5.38. The molecule has 2 N–H and O–H groups in total. The lowest BCUT2D eigenvalue weighted by atomic mass is 9.83. The molecule has 0 spiro atoms. The van der Waals surface area contributed by atoms with Gasteiger partial charge < -0.3 is 10.4 Å². The van der Waals surface area contributed by atoms with Gasteiger partial charge in [-0.25, -0.2) is 0 Å². The van der Waals surface area contributed by atoms with Crippen LogP contribution in [0.5, 0.6) is 0 Å². The van der Waals surface area contributed by atoms with Crippen molar-refractivity contribution in [3.05, 3.63) is 28.8 Å². The summed E-state index contributed by atoms with van der Waals surface area (Å²) in [6.45, 7) is 4.27. The molecule has 0 saturated heterocycles. The van der Waals surface area contributed by atoms with Crippen LogP contribution >= 0.6 is 11.6 Å². The molecule has 0 bridgehead atoms. The van der Waals surface area contributed by atoms with Crippen molar-refractivity contribution in [1.29, 1.82) is 0 Å². The number of benzene rings is 1. The highest BCUT2D eigenvalue weighted by Crippen LogP contribution is 2.34. The molecule has 0 heterocycles. The molecule has 0 unspecified atom stereocenters. The zero-order chi connectivity index (χ0) is 15.4. The van der Waals surface area contributed by atoms with Crippen molar-refractivity contribution < 1.29 is 18.3 Å². The lowest BCUT2D eigenvalue weighted by Crippen LogP contribution is -2.32. The van der Waals surface area contributed by atoms with Gasteiger partial charge in [-0.3, -0.25) is 0 Å². The van der Waals surface area contributed by atoms with Crippen LogP contribution in [0.25, 0.3) is 0 Å². The van der Waals surface area contributed by atoms with Crippen molar-refractivity contribution in [2.45, 2.75) is 32.9 Å². The average Bonchev–Trinajstić information content (AvgIpc) is 2.39. The molecule has 0 atom stereocenters. The number of aliphatic hydroxyl groups excluding tert-OH is 1. The standard InChI is InChI=1S/C14H19ClF3NO/c1-3-13(4-2,9-20)8-19-12-6-10(14(16,17)18)5-11(15)7-12/h5-7,19-20H,3-4,8-9H2,1-2H3. The minimum absolute atomic E-state index is 0.0142. The maximum atomic E-state index is 12.7. The molecule has 1 rings (SSSR count). The van der Waals surface area contributed by atoms with E-state index in [1.807, 2.05) is 13.8 Å². The highest BCUT2D eigenvalue weighted by atomic mass is 35.5. The van der Waals surface area contributed by atoms with Crippen molar-refractivity contribution in [2.24, 2.45) is 5.41 Å². The normalized spacial score (nSPS) is 12.6. The summed E-state index contributed by atoms with van der Waals surface area (Å²) in [6, 6.07) is 3.37. The molecule has 20 heavy (non-hydrogen) atoms. The molecule has 1 aromatic carbocycles. The SMILES string of the molecule is CCC(CC)(CO)CNc1cc(Cl)cc(C(F)(F)F)c1. The first-order valence-electron chi connectivity index (χ1n) is 6.49. The third-order valence-electron chi connectivity index (χ3n) is 3.73. The largest absolute Gasteiger partial charge is 0.416 e. The maximum absolute atomic E-state index is 12.7. The Morgan fingerprint density at radius 3 is 2.20 bits per heavy atom. The third kappa shape index (κ3) is 4.28. The summed E-state index contributed by atoms with van der Waals surface area (Å²) in [4.78, 5) is 0. The molecule has 0 aliphatic carbocycles. The molecule has 0 aromatic heterocycles. The van der Waals surface area contributed by atoms with E-state index < -0.39 is 11.7 Å². The van der Waals surface area contributed by atoms with E-state index in [9.17, 15) is 18.3 Å². The summed E-state index contributed by atoms with van der Waals surface area (Å²) in [5, 5.41) is 12.4. The molecule has 2 nitrogen and oxygen atoms in total. The fraction of sp³-hybridized carbons (Fsp3) is 0.571. The lowest BCUT2D eigenvalue weighted by Gasteiger charge is -2.30. The van der Waals surface area contributed by atoms with Gasteiger partial charge in [-0.05, 0) is 31.0 Å². The van der Waals surface area contributed by atoms with E-state index >= 15 is 0 Å². The molecule has 0 saturated carbocycles. The van der Waals surface area contributed by atoms with Gasteiger partial charge in [0.05, 0.1) is 12.2 Å². The van der Waals surface area contributed by atoms with E-state index in [4.69, 9.17) is 11.6 Å². The summed E-state index contributed by atoms with van der Waals surface area (Å²) >= 11 is 5.72. The summed E-state index contributed by atoms with van der Waals surface area (Å²) < 4.78 is 38.1. The average molecular weight is 310 g/mol. The number of anilines is 1. The van der Waals surface area contributed by atoms with Gasteiger partial charge in [-0.1, -0.05) is 25.4 Å². The van der Waals surface area contributed by atoms with Crippen LogP contribution in [-0.2, 0) is 6.18 Å². The van der Waals surface area contributed by atoms with Gasteiger partial charge >= 0.3 is 6.18 Å². The van der Waals surface area contributed by atoms with E-state index in [0.717, 1.165) is 25.0 Å².